The third-order valence-corrected chi connectivity index (χ3v) is 5.41. The van der Waals surface area contributed by atoms with Crippen LogP contribution in [-0.4, -0.2) is 18.4 Å². The molecule has 1 N–H and O–H groups in total. The molecule has 1 atom stereocenters. The summed E-state index contributed by atoms with van der Waals surface area (Å²) in [6, 6.07) is 14.3. The molecule has 3 rings (SSSR count). The maximum atomic E-state index is 12.5. The monoisotopic (exact) mass is 364 g/mol. The zero-order valence-corrected chi connectivity index (χ0v) is 16.6. The number of rotatable bonds is 5. The summed E-state index contributed by atoms with van der Waals surface area (Å²) >= 11 is 0. The van der Waals surface area contributed by atoms with Crippen molar-refractivity contribution in [3.05, 3.63) is 64.7 Å². The van der Waals surface area contributed by atoms with Crippen LogP contribution in [0.15, 0.2) is 42.5 Å². The van der Waals surface area contributed by atoms with Crippen LogP contribution in [0.2, 0.25) is 0 Å². The fourth-order valence-electron chi connectivity index (χ4n) is 3.38. The van der Waals surface area contributed by atoms with Gasteiger partial charge in [0.2, 0.25) is 11.8 Å². The minimum atomic E-state index is -0.297. The van der Waals surface area contributed by atoms with Crippen LogP contribution in [0.25, 0.3) is 0 Å². The Hall–Kier alpha value is -2.62. The highest BCUT2D eigenvalue weighted by atomic mass is 16.2. The van der Waals surface area contributed by atoms with Gasteiger partial charge in [-0.2, -0.15) is 0 Å². The first-order valence-corrected chi connectivity index (χ1v) is 9.59. The van der Waals surface area contributed by atoms with E-state index < -0.39 is 0 Å². The van der Waals surface area contributed by atoms with E-state index in [9.17, 15) is 9.59 Å². The Balaban J connectivity index is 1.59. The van der Waals surface area contributed by atoms with E-state index in [1.807, 2.05) is 25.1 Å². The summed E-state index contributed by atoms with van der Waals surface area (Å²) in [4.78, 5) is 26.7. The van der Waals surface area contributed by atoms with Crippen LogP contribution in [-0.2, 0) is 16.1 Å². The molecule has 2 amide bonds. The Labute approximate surface area is 161 Å². The number of nitrogens with one attached hydrogen (secondary N) is 1. The molecule has 0 bridgehead atoms. The second kappa shape index (κ2) is 7.95. The van der Waals surface area contributed by atoms with E-state index in [0.717, 1.165) is 16.8 Å². The molecule has 27 heavy (non-hydrogen) atoms. The molecule has 1 aliphatic rings. The summed E-state index contributed by atoms with van der Waals surface area (Å²) < 4.78 is 0. The number of hydrogen-bond donors (Lipinski definition) is 1. The van der Waals surface area contributed by atoms with Gasteiger partial charge in [-0.15, -0.1) is 0 Å². The Bertz CT molecular complexity index is 840. The number of aryl methyl sites for hydroxylation is 2. The van der Waals surface area contributed by atoms with Gasteiger partial charge in [0.1, 0.15) is 0 Å². The number of nitrogens with zero attached hydrogens (tertiary/aromatic N) is 1. The van der Waals surface area contributed by atoms with Gasteiger partial charge in [0.25, 0.3) is 0 Å². The molecule has 1 fully saturated rings. The number of amides is 2. The van der Waals surface area contributed by atoms with E-state index in [1.54, 1.807) is 4.90 Å². The van der Waals surface area contributed by atoms with Crippen molar-refractivity contribution in [1.82, 2.24) is 5.32 Å². The second-order valence-corrected chi connectivity index (χ2v) is 7.79. The quantitative estimate of drug-likeness (QED) is 0.868. The molecule has 142 valence electrons. The Morgan fingerprint density at radius 2 is 1.81 bits per heavy atom. The number of benzene rings is 2. The smallest absolute Gasteiger partial charge is 0.227 e. The fraction of sp³-hybridized carbons (Fsp3) is 0.391. The minimum Gasteiger partial charge on any atom is -0.352 e. The predicted octanol–water partition coefficient (Wildman–Crippen LogP) is 4.10. The maximum Gasteiger partial charge on any atom is 0.227 e. The molecular weight excluding hydrogens is 336 g/mol. The molecule has 1 saturated heterocycles. The van der Waals surface area contributed by atoms with E-state index in [2.05, 4.69) is 50.4 Å². The first-order chi connectivity index (χ1) is 12.8. The summed E-state index contributed by atoms with van der Waals surface area (Å²) in [5.74, 6) is 0.158. The number of carbonyl (C=O) groups excluding carboxylic acids is 2. The summed E-state index contributed by atoms with van der Waals surface area (Å²) in [5.41, 5.74) is 5.59. The van der Waals surface area contributed by atoms with Gasteiger partial charge in [0.15, 0.2) is 0 Å². The maximum absolute atomic E-state index is 12.5. The highest BCUT2D eigenvalue weighted by molar-refractivity contribution is 6.00. The molecule has 2 aromatic rings. The normalized spacial score (nSPS) is 16.9. The summed E-state index contributed by atoms with van der Waals surface area (Å²) in [5, 5.41) is 2.98. The largest absolute Gasteiger partial charge is 0.352 e. The molecular formula is C23H28N2O2. The molecule has 4 nitrogen and oxygen atoms in total. The van der Waals surface area contributed by atoms with Gasteiger partial charge < -0.3 is 10.2 Å². The SMILES string of the molecule is Cc1ccc(N2C[C@@H](C(=O)NCc3ccc(C(C)C)cc3)CC2=O)cc1C. The standard InChI is InChI=1S/C23H28N2O2/c1-15(2)19-8-6-18(7-9-19)13-24-23(27)20-12-22(26)25(14-20)21-10-5-16(3)17(4)11-21/h5-11,15,20H,12-14H2,1-4H3,(H,24,27)/t20-/m0/s1. The molecule has 2 aromatic carbocycles. The Morgan fingerprint density at radius 1 is 1.11 bits per heavy atom. The van der Waals surface area contributed by atoms with Gasteiger partial charge in [-0.1, -0.05) is 44.2 Å². The fourth-order valence-corrected chi connectivity index (χ4v) is 3.38. The van der Waals surface area contributed by atoms with Crippen molar-refractivity contribution >= 4 is 17.5 Å². The van der Waals surface area contributed by atoms with E-state index in [0.29, 0.717) is 19.0 Å². The molecule has 0 radical (unpaired) electrons. The molecule has 0 unspecified atom stereocenters. The molecule has 0 aromatic heterocycles. The average Bonchev–Trinajstić information content (AvgIpc) is 3.04. The molecule has 0 spiro atoms. The number of carbonyl (C=O) groups is 2. The van der Waals surface area contributed by atoms with Crippen LogP contribution in [0, 0.1) is 19.8 Å². The highest BCUT2D eigenvalue weighted by Crippen LogP contribution is 2.27. The van der Waals surface area contributed by atoms with Gasteiger partial charge >= 0.3 is 0 Å². The summed E-state index contributed by atoms with van der Waals surface area (Å²) in [7, 11) is 0. The molecule has 1 aliphatic heterocycles. The van der Waals surface area contributed by atoms with Crippen LogP contribution in [0.1, 0.15) is 48.4 Å². The van der Waals surface area contributed by atoms with Gasteiger partial charge in [0, 0.05) is 25.2 Å². The zero-order valence-electron chi connectivity index (χ0n) is 16.6. The number of anilines is 1. The van der Waals surface area contributed by atoms with Crippen molar-refractivity contribution in [3.8, 4) is 0 Å². The van der Waals surface area contributed by atoms with Crippen molar-refractivity contribution in [1.29, 1.82) is 0 Å². The van der Waals surface area contributed by atoms with Crippen LogP contribution < -0.4 is 10.2 Å². The Kier molecular flexibility index (Phi) is 5.64. The van der Waals surface area contributed by atoms with E-state index in [-0.39, 0.29) is 24.2 Å². The first kappa shape index (κ1) is 19.2. The topological polar surface area (TPSA) is 49.4 Å². The van der Waals surface area contributed by atoms with Crippen molar-refractivity contribution in [3.63, 3.8) is 0 Å². The third-order valence-electron chi connectivity index (χ3n) is 5.41. The highest BCUT2D eigenvalue weighted by Gasteiger charge is 2.35. The van der Waals surface area contributed by atoms with Crippen LogP contribution in [0.4, 0.5) is 5.69 Å². The predicted molar refractivity (Wildman–Crippen MR) is 109 cm³/mol. The number of hydrogen-bond acceptors (Lipinski definition) is 2. The lowest BCUT2D eigenvalue weighted by Crippen LogP contribution is -2.32. The third kappa shape index (κ3) is 4.38. The summed E-state index contributed by atoms with van der Waals surface area (Å²) in [6.07, 6.45) is 0.269. The van der Waals surface area contributed by atoms with Crippen molar-refractivity contribution < 1.29 is 9.59 Å². The Morgan fingerprint density at radius 3 is 2.44 bits per heavy atom. The molecule has 0 aliphatic carbocycles. The minimum absolute atomic E-state index is 0.0136. The zero-order chi connectivity index (χ0) is 19.6. The lowest BCUT2D eigenvalue weighted by atomic mass is 10.0. The van der Waals surface area contributed by atoms with Crippen molar-refractivity contribution in [2.75, 3.05) is 11.4 Å². The van der Waals surface area contributed by atoms with E-state index >= 15 is 0 Å². The van der Waals surface area contributed by atoms with Crippen molar-refractivity contribution in [2.24, 2.45) is 5.92 Å². The van der Waals surface area contributed by atoms with Crippen molar-refractivity contribution in [2.45, 2.75) is 46.6 Å². The molecule has 0 saturated carbocycles. The van der Waals surface area contributed by atoms with E-state index in [4.69, 9.17) is 0 Å². The van der Waals surface area contributed by atoms with Crippen LogP contribution in [0.5, 0.6) is 0 Å². The van der Waals surface area contributed by atoms with Gasteiger partial charge in [-0.3, -0.25) is 9.59 Å². The van der Waals surface area contributed by atoms with E-state index in [1.165, 1.54) is 11.1 Å². The second-order valence-electron chi connectivity index (χ2n) is 7.79. The van der Waals surface area contributed by atoms with Gasteiger partial charge in [0.05, 0.1) is 5.92 Å². The summed E-state index contributed by atoms with van der Waals surface area (Å²) in [6.45, 7) is 9.35. The molecule has 4 heteroatoms. The lowest BCUT2D eigenvalue weighted by molar-refractivity contribution is -0.126. The van der Waals surface area contributed by atoms with Crippen LogP contribution in [0.3, 0.4) is 0 Å². The van der Waals surface area contributed by atoms with Crippen LogP contribution >= 0.6 is 0 Å². The molecule has 1 heterocycles. The van der Waals surface area contributed by atoms with Gasteiger partial charge in [-0.05, 0) is 54.2 Å². The van der Waals surface area contributed by atoms with Gasteiger partial charge in [-0.25, -0.2) is 0 Å². The lowest BCUT2D eigenvalue weighted by Gasteiger charge is -2.18. The first-order valence-electron chi connectivity index (χ1n) is 9.59. The average molecular weight is 364 g/mol.